The first kappa shape index (κ1) is 68.9. The summed E-state index contributed by atoms with van der Waals surface area (Å²) in [6, 6.07) is -0.831. The predicted octanol–water partition coefficient (Wildman–Crippen LogP) is 15.9. The van der Waals surface area contributed by atoms with Gasteiger partial charge in [-0.05, 0) is 77.0 Å². The van der Waals surface area contributed by atoms with Gasteiger partial charge < -0.3 is 40.3 Å². The molecule has 1 rings (SSSR count). The van der Waals surface area contributed by atoms with Crippen LogP contribution in [0.4, 0.5) is 0 Å². The van der Waals surface area contributed by atoms with E-state index in [0.717, 1.165) is 51.4 Å². The molecule has 7 unspecified atom stereocenters. The lowest BCUT2D eigenvalue weighted by atomic mass is 9.99. The van der Waals surface area contributed by atoms with E-state index in [4.69, 9.17) is 9.47 Å². The van der Waals surface area contributed by atoms with Crippen LogP contribution in [0, 0.1) is 0 Å². The molecule has 1 aliphatic heterocycles. The van der Waals surface area contributed by atoms with Crippen molar-refractivity contribution >= 4 is 5.91 Å². The minimum atomic E-state index is -1.58. The van der Waals surface area contributed by atoms with Crippen LogP contribution in [0.5, 0.6) is 0 Å². The molecule has 1 saturated heterocycles. The van der Waals surface area contributed by atoms with Crippen molar-refractivity contribution in [3.8, 4) is 0 Å². The maximum atomic E-state index is 13.1. The molecule has 0 aliphatic carbocycles. The number of allylic oxidation sites excluding steroid dienone is 9. The van der Waals surface area contributed by atoms with Crippen LogP contribution in [0.25, 0.3) is 0 Å². The number of aliphatic hydroxyl groups is 5. The number of hydrogen-bond donors (Lipinski definition) is 6. The van der Waals surface area contributed by atoms with E-state index in [2.05, 4.69) is 67.8 Å². The number of amides is 1. The molecule has 426 valence electrons. The summed E-state index contributed by atoms with van der Waals surface area (Å²) in [5.74, 6) is -0.190. The zero-order valence-corrected chi connectivity index (χ0v) is 47.4. The van der Waals surface area contributed by atoms with E-state index in [9.17, 15) is 30.3 Å². The Morgan fingerprint density at radius 3 is 1.23 bits per heavy atom. The zero-order chi connectivity index (χ0) is 52.9. The summed E-state index contributed by atoms with van der Waals surface area (Å²) in [6.07, 6.45) is 65.8. The summed E-state index contributed by atoms with van der Waals surface area (Å²) in [5.41, 5.74) is 0. The first-order chi connectivity index (χ1) is 35.8. The molecule has 7 atom stereocenters. The molecule has 0 aromatic carbocycles. The Morgan fingerprint density at radius 2 is 0.822 bits per heavy atom. The van der Waals surface area contributed by atoms with Crippen LogP contribution in [0.15, 0.2) is 60.8 Å². The van der Waals surface area contributed by atoms with Crippen LogP contribution in [-0.2, 0) is 14.3 Å². The molecule has 0 aromatic rings. The first-order valence-corrected chi connectivity index (χ1v) is 31.0. The molecule has 0 radical (unpaired) electrons. The van der Waals surface area contributed by atoms with E-state index < -0.39 is 49.5 Å². The van der Waals surface area contributed by atoms with Crippen LogP contribution in [0.1, 0.15) is 284 Å². The lowest BCUT2D eigenvalue weighted by Crippen LogP contribution is -2.60. The van der Waals surface area contributed by atoms with Gasteiger partial charge in [0.05, 0.1) is 25.4 Å². The van der Waals surface area contributed by atoms with Gasteiger partial charge in [-0.1, -0.05) is 261 Å². The third-order valence-electron chi connectivity index (χ3n) is 14.5. The maximum absolute atomic E-state index is 13.1. The first-order valence-electron chi connectivity index (χ1n) is 31.0. The lowest BCUT2D eigenvalue weighted by Gasteiger charge is -2.40. The molecule has 0 spiro atoms. The molecule has 1 heterocycles. The normalized spacial score (nSPS) is 19.5. The summed E-state index contributed by atoms with van der Waals surface area (Å²) in [4.78, 5) is 13.1. The van der Waals surface area contributed by atoms with E-state index >= 15 is 0 Å². The molecular weight excluding hydrogens is 911 g/mol. The van der Waals surface area contributed by atoms with Crippen molar-refractivity contribution in [2.75, 3.05) is 13.2 Å². The average Bonchev–Trinajstić information content (AvgIpc) is 3.39. The van der Waals surface area contributed by atoms with Gasteiger partial charge in [-0.3, -0.25) is 4.79 Å². The number of aliphatic hydroxyl groups excluding tert-OH is 5. The Balaban J connectivity index is 2.21. The summed E-state index contributed by atoms with van der Waals surface area (Å²) in [6.45, 7) is 3.78. The maximum Gasteiger partial charge on any atom is 0.220 e. The fourth-order valence-corrected chi connectivity index (χ4v) is 9.63. The number of carbonyl (C=O) groups is 1. The van der Waals surface area contributed by atoms with Gasteiger partial charge >= 0.3 is 0 Å². The lowest BCUT2D eigenvalue weighted by molar-refractivity contribution is -0.302. The van der Waals surface area contributed by atoms with Crippen molar-refractivity contribution in [2.24, 2.45) is 0 Å². The number of rotatable bonds is 53. The molecular formula is C64H117NO8. The van der Waals surface area contributed by atoms with Gasteiger partial charge in [0.15, 0.2) is 6.29 Å². The van der Waals surface area contributed by atoms with Crippen LogP contribution < -0.4 is 5.32 Å². The molecule has 0 saturated carbocycles. The van der Waals surface area contributed by atoms with E-state index in [0.29, 0.717) is 6.42 Å². The Kier molecular flexibility index (Phi) is 50.3. The Bertz CT molecular complexity index is 1330. The molecule has 9 nitrogen and oxygen atoms in total. The van der Waals surface area contributed by atoms with Crippen molar-refractivity contribution in [3.63, 3.8) is 0 Å². The van der Waals surface area contributed by atoms with E-state index in [-0.39, 0.29) is 12.5 Å². The van der Waals surface area contributed by atoms with Crippen LogP contribution in [-0.4, -0.2) is 87.5 Å². The van der Waals surface area contributed by atoms with Crippen LogP contribution in [0.2, 0.25) is 0 Å². The Morgan fingerprint density at radius 1 is 0.466 bits per heavy atom. The standard InChI is InChI=1S/C64H117NO8/c1-3-5-7-9-11-13-15-17-19-21-23-25-26-27-28-29-30-31-32-34-36-38-40-42-44-46-48-50-52-54-60(68)65-57(56-72-64-63(71)62(70)61(69)59(55-66)73-64)58(67)53-51-49-47-45-43-41-39-37-35-33-24-22-20-18-16-14-12-10-8-6-4-2/h23,25,27-28,35,37,43,45,51,53,57-59,61-64,66-67,69-71H,3-22,24,26,29-34,36,38-42,44,46-50,52,54-56H2,1-2H3,(H,65,68)/b25-23-,28-27-,37-35+,45-43+,53-51+. The third-order valence-corrected chi connectivity index (χ3v) is 14.5. The molecule has 0 aromatic heterocycles. The summed E-state index contributed by atoms with van der Waals surface area (Å²) in [5, 5.41) is 54.6. The summed E-state index contributed by atoms with van der Waals surface area (Å²) in [7, 11) is 0. The number of nitrogens with one attached hydrogen (secondary N) is 1. The van der Waals surface area contributed by atoms with Gasteiger partial charge in [0.25, 0.3) is 0 Å². The third kappa shape index (κ3) is 42.7. The zero-order valence-electron chi connectivity index (χ0n) is 47.4. The minimum absolute atomic E-state index is 0.190. The number of hydrogen-bond acceptors (Lipinski definition) is 8. The Labute approximate surface area is 449 Å². The fourth-order valence-electron chi connectivity index (χ4n) is 9.63. The van der Waals surface area contributed by atoms with Gasteiger partial charge in [-0.25, -0.2) is 0 Å². The number of unbranched alkanes of at least 4 members (excludes halogenated alkanes) is 35. The summed E-state index contributed by atoms with van der Waals surface area (Å²) < 4.78 is 11.3. The van der Waals surface area contributed by atoms with Gasteiger partial charge in [-0.15, -0.1) is 0 Å². The number of ether oxygens (including phenoxy) is 2. The predicted molar refractivity (Wildman–Crippen MR) is 309 cm³/mol. The van der Waals surface area contributed by atoms with Crippen molar-refractivity contribution < 1.29 is 39.8 Å². The second-order valence-corrected chi connectivity index (χ2v) is 21.5. The molecule has 6 N–H and O–H groups in total. The van der Waals surface area contributed by atoms with Gasteiger partial charge in [0, 0.05) is 6.42 Å². The van der Waals surface area contributed by atoms with Gasteiger partial charge in [0.2, 0.25) is 5.91 Å². The second kappa shape index (κ2) is 53.3. The monoisotopic (exact) mass is 1030 g/mol. The minimum Gasteiger partial charge on any atom is -0.394 e. The highest BCUT2D eigenvalue weighted by Gasteiger charge is 2.44. The largest absolute Gasteiger partial charge is 0.394 e. The van der Waals surface area contributed by atoms with Crippen LogP contribution >= 0.6 is 0 Å². The SMILES string of the molecule is CCCCCCCCCCC/C=C\C/C=C\CCCCCCCCCCCCCCCC(=O)NC(COC1OC(CO)C(O)C(O)C1O)C(O)/C=C/CC/C=C/CC/C=C/CCCCCCCCCCCCC. The molecule has 0 bridgehead atoms. The topological polar surface area (TPSA) is 149 Å². The van der Waals surface area contributed by atoms with Gasteiger partial charge in [0.1, 0.15) is 24.4 Å². The molecule has 1 fully saturated rings. The Hall–Kier alpha value is -2.11. The quantitative estimate of drug-likeness (QED) is 0.0261. The van der Waals surface area contributed by atoms with Crippen molar-refractivity contribution in [1.82, 2.24) is 5.32 Å². The highest BCUT2D eigenvalue weighted by molar-refractivity contribution is 5.76. The van der Waals surface area contributed by atoms with E-state index in [1.165, 1.54) is 212 Å². The molecule has 1 amide bonds. The van der Waals surface area contributed by atoms with E-state index in [1.54, 1.807) is 6.08 Å². The van der Waals surface area contributed by atoms with E-state index in [1.807, 2.05) is 6.08 Å². The van der Waals surface area contributed by atoms with Crippen molar-refractivity contribution in [1.29, 1.82) is 0 Å². The molecule has 9 heteroatoms. The van der Waals surface area contributed by atoms with Crippen molar-refractivity contribution in [3.05, 3.63) is 60.8 Å². The molecule has 73 heavy (non-hydrogen) atoms. The smallest absolute Gasteiger partial charge is 0.220 e. The van der Waals surface area contributed by atoms with Crippen LogP contribution in [0.3, 0.4) is 0 Å². The highest BCUT2D eigenvalue weighted by Crippen LogP contribution is 2.23. The fraction of sp³-hybridized carbons (Fsp3) is 0.828. The molecule has 1 aliphatic rings. The second-order valence-electron chi connectivity index (χ2n) is 21.5. The average molecular weight is 1030 g/mol. The van der Waals surface area contributed by atoms with Crippen molar-refractivity contribution in [2.45, 2.75) is 326 Å². The summed E-state index contributed by atoms with van der Waals surface area (Å²) >= 11 is 0. The van der Waals surface area contributed by atoms with Gasteiger partial charge in [-0.2, -0.15) is 0 Å². The number of carbonyl (C=O) groups excluding carboxylic acids is 1. The highest BCUT2D eigenvalue weighted by atomic mass is 16.7.